The second-order valence-corrected chi connectivity index (χ2v) is 7.18. The summed E-state index contributed by atoms with van der Waals surface area (Å²) in [7, 11) is 0. The number of aromatic carboxylic acids is 1. The molecule has 0 fully saturated rings. The van der Waals surface area contributed by atoms with E-state index in [0.717, 1.165) is 39.2 Å². The van der Waals surface area contributed by atoms with Gasteiger partial charge in [0.05, 0.1) is 11.1 Å². The van der Waals surface area contributed by atoms with Gasteiger partial charge < -0.3 is 5.11 Å². The van der Waals surface area contributed by atoms with Gasteiger partial charge in [-0.05, 0) is 48.2 Å². The first-order valence-corrected chi connectivity index (χ1v) is 9.45. The lowest BCUT2D eigenvalue weighted by Gasteiger charge is -2.09. The summed E-state index contributed by atoms with van der Waals surface area (Å²) in [5.74, 6) is -0.945. The van der Waals surface area contributed by atoms with E-state index in [9.17, 15) is 4.79 Å². The number of nitrogens with zero attached hydrogens (tertiary/aromatic N) is 2. The van der Waals surface area contributed by atoms with E-state index < -0.39 is 5.97 Å². The zero-order valence-corrected chi connectivity index (χ0v) is 16.1. The highest BCUT2D eigenvalue weighted by molar-refractivity contribution is 6.31. The van der Waals surface area contributed by atoms with Gasteiger partial charge >= 0.3 is 5.97 Å². The van der Waals surface area contributed by atoms with Crippen LogP contribution in [0.5, 0.6) is 0 Å². The molecule has 4 rings (SSSR count). The lowest BCUT2D eigenvalue weighted by atomic mass is 10.0. The molecule has 0 atom stereocenters. The number of hydrogen-bond acceptors (Lipinski definition) is 2. The van der Waals surface area contributed by atoms with Crippen LogP contribution < -0.4 is 0 Å². The van der Waals surface area contributed by atoms with Crippen LogP contribution in [0.25, 0.3) is 22.0 Å². The summed E-state index contributed by atoms with van der Waals surface area (Å²) in [6.45, 7) is 2.67. The molecule has 0 bridgehead atoms. The molecule has 0 radical (unpaired) electrons. The number of hydrogen-bond donors (Lipinski definition) is 1. The van der Waals surface area contributed by atoms with Crippen LogP contribution in [0.15, 0.2) is 66.7 Å². The number of aryl methyl sites for hydroxylation is 3. The minimum Gasteiger partial charge on any atom is -0.478 e. The van der Waals surface area contributed by atoms with E-state index in [4.69, 9.17) is 16.7 Å². The largest absolute Gasteiger partial charge is 0.478 e. The number of carboxylic acids is 1. The molecule has 0 saturated carbocycles. The Balaban J connectivity index is 1.56. The summed E-state index contributed by atoms with van der Waals surface area (Å²) in [4.78, 5) is 11.2. The second-order valence-electron chi connectivity index (χ2n) is 6.77. The molecule has 1 N–H and O–H groups in total. The fraction of sp³-hybridized carbons (Fsp3) is 0.130. The zero-order chi connectivity index (χ0) is 19.7. The zero-order valence-electron chi connectivity index (χ0n) is 15.4. The second kappa shape index (κ2) is 7.49. The maximum absolute atomic E-state index is 11.2. The van der Waals surface area contributed by atoms with Gasteiger partial charge in [-0.3, -0.25) is 4.68 Å². The van der Waals surface area contributed by atoms with Gasteiger partial charge in [0.25, 0.3) is 0 Å². The van der Waals surface area contributed by atoms with Gasteiger partial charge in [0.15, 0.2) is 0 Å². The topological polar surface area (TPSA) is 55.1 Å². The predicted molar refractivity (Wildman–Crippen MR) is 112 cm³/mol. The van der Waals surface area contributed by atoms with Crippen LogP contribution in [0.4, 0.5) is 0 Å². The van der Waals surface area contributed by atoms with Crippen LogP contribution in [-0.4, -0.2) is 20.9 Å². The third-order valence-electron chi connectivity index (χ3n) is 5.00. The highest BCUT2D eigenvalue weighted by Crippen LogP contribution is 2.26. The van der Waals surface area contributed by atoms with E-state index in [-0.39, 0.29) is 5.56 Å². The Morgan fingerprint density at radius 1 is 1.04 bits per heavy atom. The first-order chi connectivity index (χ1) is 13.5. The molecule has 4 aromatic rings. The summed E-state index contributed by atoms with van der Waals surface area (Å²) < 4.78 is 1.91. The molecular formula is C23H19ClN2O2. The molecule has 1 heterocycles. The normalized spacial score (nSPS) is 11.1. The molecule has 0 saturated heterocycles. The minimum absolute atomic E-state index is 0.247. The van der Waals surface area contributed by atoms with Crippen molar-refractivity contribution in [1.29, 1.82) is 0 Å². The number of aromatic nitrogens is 2. The molecule has 0 aliphatic carbocycles. The van der Waals surface area contributed by atoms with Crippen molar-refractivity contribution in [2.45, 2.75) is 19.9 Å². The van der Waals surface area contributed by atoms with E-state index >= 15 is 0 Å². The van der Waals surface area contributed by atoms with Crippen LogP contribution in [0.2, 0.25) is 5.02 Å². The smallest absolute Gasteiger partial charge is 0.335 e. The number of carboxylic acid groups (broad SMARTS) is 1. The third-order valence-corrected chi connectivity index (χ3v) is 5.36. The number of rotatable bonds is 5. The minimum atomic E-state index is -0.945. The van der Waals surface area contributed by atoms with E-state index in [2.05, 4.69) is 29.4 Å². The van der Waals surface area contributed by atoms with Crippen molar-refractivity contribution in [3.8, 4) is 11.1 Å². The van der Waals surface area contributed by atoms with Crippen molar-refractivity contribution in [2.24, 2.45) is 0 Å². The SMILES string of the molecule is Cc1c2ccc(C(=O)O)cc2nn1CCc1ccc(-c2ccccc2)cc1Cl. The van der Waals surface area contributed by atoms with E-state index in [0.29, 0.717) is 12.1 Å². The summed E-state index contributed by atoms with van der Waals surface area (Å²) >= 11 is 6.52. The lowest BCUT2D eigenvalue weighted by molar-refractivity contribution is 0.0697. The Hall–Kier alpha value is -3.11. The van der Waals surface area contributed by atoms with Crippen LogP contribution in [-0.2, 0) is 13.0 Å². The van der Waals surface area contributed by atoms with Gasteiger partial charge in [-0.1, -0.05) is 60.1 Å². The van der Waals surface area contributed by atoms with Crippen molar-refractivity contribution in [3.05, 3.63) is 88.6 Å². The number of fused-ring (bicyclic) bond motifs is 1. The molecule has 28 heavy (non-hydrogen) atoms. The fourth-order valence-electron chi connectivity index (χ4n) is 3.40. The quantitative estimate of drug-likeness (QED) is 0.482. The molecule has 0 aliphatic rings. The number of benzene rings is 3. The Bertz CT molecular complexity index is 1170. The summed E-state index contributed by atoms with van der Waals surface area (Å²) in [6, 6.07) is 21.3. The number of halogens is 1. The Labute approximate surface area is 168 Å². The predicted octanol–water partition coefficient (Wildman–Crippen LogP) is 5.61. The summed E-state index contributed by atoms with van der Waals surface area (Å²) in [5.41, 5.74) is 5.26. The Morgan fingerprint density at radius 3 is 2.54 bits per heavy atom. The van der Waals surface area contributed by atoms with Gasteiger partial charge in [-0.2, -0.15) is 5.10 Å². The first-order valence-electron chi connectivity index (χ1n) is 9.07. The molecule has 140 valence electrons. The van der Waals surface area contributed by atoms with Crippen LogP contribution in [0, 0.1) is 6.92 Å². The molecule has 0 spiro atoms. The van der Waals surface area contributed by atoms with Crippen molar-refractivity contribution in [2.75, 3.05) is 0 Å². The maximum Gasteiger partial charge on any atom is 0.335 e. The molecular weight excluding hydrogens is 372 g/mol. The fourth-order valence-corrected chi connectivity index (χ4v) is 3.68. The van der Waals surface area contributed by atoms with Gasteiger partial charge in [0.1, 0.15) is 0 Å². The van der Waals surface area contributed by atoms with Crippen LogP contribution in [0.1, 0.15) is 21.6 Å². The summed E-state index contributed by atoms with van der Waals surface area (Å²) in [5, 5.41) is 15.4. The van der Waals surface area contributed by atoms with Crippen LogP contribution >= 0.6 is 11.6 Å². The average Bonchev–Trinajstić information content (AvgIpc) is 3.02. The van der Waals surface area contributed by atoms with Gasteiger partial charge in [-0.25, -0.2) is 4.79 Å². The molecule has 3 aromatic carbocycles. The highest BCUT2D eigenvalue weighted by atomic mass is 35.5. The highest BCUT2D eigenvalue weighted by Gasteiger charge is 2.11. The van der Waals surface area contributed by atoms with E-state index in [1.807, 2.05) is 41.9 Å². The van der Waals surface area contributed by atoms with Crippen LogP contribution in [0.3, 0.4) is 0 Å². The van der Waals surface area contributed by atoms with Gasteiger partial charge in [0.2, 0.25) is 0 Å². The first kappa shape index (κ1) is 18.3. The Kier molecular flexibility index (Phi) is 4.88. The van der Waals surface area contributed by atoms with Crippen molar-refractivity contribution in [1.82, 2.24) is 9.78 Å². The molecule has 0 unspecified atom stereocenters. The molecule has 4 nitrogen and oxygen atoms in total. The molecule has 5 heteroatoms. The van der Waals surface area contributed by atoms with E-state index in [1.54, 1.807) is 12.1 Å². The maximum atomic E-state index is 11.2. The lowest BCUT2D eigenvalue weighted by Crippen LogP contribution is -2.05. The van der Waals surface area contributed by atoms with Gasteiger partial charge in [-0.15, -0.1) is 0 Å². The van der Waals surface area contributed by atoms with Crippen molar-refractivity contribution in [3.63, 3.8) is 0 Å². The average molecular weight is 391 g/mol. The van der Waals surface area contributed by atoms with Gasteiger partial charge in [0, 0.05) is 22.6 Å². The van der Waals surface area contributed by atoms with Crippen molar-refractivity contribution < 1.29 is 9.90 Å². The van der Waals surface area contributed by atoms with Crippen molar-refractivity contribution >= 4 is 28.5 Å². The molecule has 0 amide bonds. The Morgan fingerprint density at radius 2 is 1.82 bits per heavy atom. The standard InChI is InChI=1S/C23H19ClN2O2/c1-15-20-10-9-19(23(27)28)14-22(20)25-26(15)12-11-17-7-8-18(13-21(17)24)16-5-3-2-4-6-16/h2-10,13-14H,11-12H2,1H3,(H,27,28). The molecule has 1 aromatic heterocycles. The third kappa shape index (κ3) is 3.51. The molecule has 0 aliphatic heterocycles. The number of carbonyl (C=O) groups is 1. The monoisotopic (exact) mass is 390 g/mol. The summed E-state index contributed by atoms with van der Waals surface area (Å²) in [6.07, 6.45) is 0.745. The van der Waals surface area contributed by atoms with E-state index in [1.165, 1.54) is 0 Å².